The zero-order chi connectivity index (χ0) is 18.7. The topological polar surface area (TPSA) is 89.3 Å². The average Bonchev–Trinajstić information content (AvgIpc) is 2.60. The van der Waals surface area contributed by atoms with Gasteiger partial charge in [0.05, 0.1) is 10.9 Å². The molecule has 0 unspecified atom stereocenters. The lowest BCUT2D eigenvalue weighted by Gasteiger charge is -2.26. The number of nitrogens with two attached hydrogens (primary N) is 1. The molecule has 0 saturated heterocycles. The van der Waals surface area contributed by atoms with Crippen molar-refractivity contribution in [2.75, 3.05) is 5.75 Å². The van der Waals surface area contributed by atoms with Gasteiger partial charge in [0.15, 0.2) is 0 Å². The smallest absolute Gasteiger partial charge is 0.238 e. The first-order chi connectivity index (χ1) is 12.3. The van der Waals surface area contributed by atoms with E-state index in [0.717, 1.165) is 23.3 Å². The van der Waals surface area contributed by atoms with Gasteiger partial charge in [-0.1, -0.05) is 24.3 Å². The number of benzene rings is 2. The highest BCUT2D eigenvalue weighted by molar-refractivity contribution is 7.99. The fourth-order valence-electron chi connectivity index (χ4n) is 2.91. The molecule has 3 N–H and O–H groups in total. The lowest BCUT2D eigenvalue weighted by Crippen LogP contribution is -2.31. The van der Waals surface area contributed by atoms with Crippen molar-refractivity contribution < 1.29 is 17.6 Å². The van der Waals surface area contributed by atoms with Crippen LogP contribution in [-0.4, -0.2) is 20.1 Å². The van der Waals surface area contributed by atoms with Crippen LogP contribution >= 0.6 is 11.8 Å². The van der Waals surface area contributed by atoms with Crippen LogP contribution in [0.15, 0.2) is 52.3 Å². The molecule has 1 amide bonds. The van der Waals surface area contributed by atoms with Crippen LogP contribution < -0.4 is 10.5 Å². The number of aryl methyl sites for hydroxylation is 1. The fourth-order valence-corrected chi connectivity index (χ4v) is 4.56. The molecule has 5 nitrogen and oxygen atoms in total. The number of primary sulfonamides is 1. The molecular weight excluding hydrogens is 375 g/mol. The Morgan fingerprint density at radius 1 is 1.23 bits per heavy atom. The van der Waals surface area contributed by atoms with Gasteiger partial charge in [-0.05, 0) is 42.2 Å². The largest absolute Gasteiger partial charge is 0.349 e. The molecule has 2 aromatic rings. The van der Waals surface area contributed by atoms with E-state index in [1.807, 2.05) is 6.07 Å². The summed E-state index contributed by atoms with van der Waals surface area (Å²) in [4.78, 5) is 12.9. The Morgan fingerprint density at radius 3 is 2.65 bits per heavy atom. The fraction of sp³-hybridized carbons (Fsp3) is 0.278. The summed E-state index contributed by atoms with van der Waals surface area (Å²) in [5.74, 6) is 0.391. The Bertz CT molecular complexity index is 915. The number of halogens is 1. The van der Waals surface area contributed by atoms with E-state index in [0.29, 0.717) is 11.3 Å². The summed E-state index contributed by atoms with van der Waals surface area (Å²) >= 11 is 1.47. The highest BCUT2D eigenvalue weighted by Gasteiger charge is 2.24. The monoisotopic (exact) mass is 394 g/mol. The van der Waals surface area contributed by atoms with Gasteiger partial charge in [-0.15, -0.1) is 11.8 Å². The highest BCUT2D eigenvalue weighted by atomic mass is 32.2. The maximum absolute atomic E-state index is 13.9. The number of hydrogen-bond donors (Lipinski definition) is 2. The van der Waals surface area contributed by atoms with Crippen molar-refractivity contribution in [1.82, 2.24) is 5.32 Å². The molecular formula is C18H19FN2O3S2. The molecule has 8 heteroatoms. The Morgan fingerprint density at radius 2 is 1.96 bits per heavy atom. The number of rotatable bonds is 5. The molecule has 0 aliphatic carbocycles. The molecule has 0 radical (unpaired) electrons. The van der Waals surface area contributed by atoms with E-state index >= 15 is 0 Å². The van der Waals surface area contributed by atoms with Gasteiger partial charge in [0.25, 0.3) is 0 Å². The van der Waals surface area contributed by atoms with Crippen LogP contribution in [0.4, 0.5) is 4.39 Å². The summed E-state index contributed by atoms with van der Waals surface area (Å²) in [6, 6.07) is 10.9. The van der Waals surface area contributed by atoms with Crippen LogP contribution in [0.25, 0.3) is 0 Å². The number of thioether (sulfide) groups is 1. The summed E-state index contributed by atoms with van der Waals surface area (Å²) < 4.78 is 36.4. The summed E-state index contributed by atoms with van der Waals surface area (Å²) in [5, 5.41) is 8.04. The van der Waals surface area contributed by atoms with Crippen molar-refractivity contribution in [3.05, 3.63) is 59.4 Å². The van der Waals surface area contributed by atoms with Gasteiger partial charge < -0.3 is 5.32 Å². The van der Waals surface area contributed by atoms with Crippen molar-refractivity contribution in [2.24, 2.45) is 5.14 Å². The Labute approximate surface area is 156 Å². The molecule has 0 fully saturated rings. The molecule has 3 rings (SSSR count). The second kappa shape index (κ2) is 7.77. The van der Waals surface area contributed by atoms with Gasteiger partial charge in [0, 0.05) is 17.1 Å². The van der Waals surface area contributed by atoms with Crippen molar-refractivity contribution in [1.29, 1.82) is 0 Å². The van der Waals surface area contributed by atoms with Gasteiger partial charge in [0.1, 0.15) is 5.82 Å². The van der Waals surface area contributed by atoms with E-state index in [9.17, 15) is 17.6 Å². The third kappa shape index (κ3) is 4.44. The summed E-state index contributed by atoms with van der Waals surface area (Å²) in [6.07, 6.45) is 1.51. The van der Waals surface area contributed by atoms with Gasteiger partial charge in [-0.25, -0.2) is 17.9 Å². The predicted molar refractivity (Wildman–Crippen MR) is 98.8 cm³/mol. The van der Waals surface area contributed by atoms with Gasteiger partial charge in [0.2, 0.25) is 15.9 Å². The van der Waals surface area contributed by atoms with Gasteiger partial charge in [-0.3, -0.25) is 4.79 Å². The number of nitrogens with one attached hydrogen (secondary N) is 1. The Kier molecular flexibility index (Phi) is 5.64. The molecule has 0 spiro atoms. The normalized spacial score (nSPS) is 16.8. The van der Waals surface area contributed by atoms with Crippen LogP contribution in [0, 0.1) is 5.82 Å². The maximum atomic E-state index is 13.9. The van der Waals surface area contributed by atoms with Crippen molar-refractivity contribution >= 4 is 27.7 Å². The molecule has 1 atom stereocenters. The van der Waals surface area contributed by atoms with Crippen molar-refractivity contribution in [2.45, 2.75) is 35.1 Å². The first kappa shape index (κ1) is 18.9. The number of hydrogen-bond acceptors (Lipinski definition) is 4. The van der Waals surface area contributed by atoms with Gasteiger partial charge in [-0.2, -0.15) is 0 Å². The van der Waals surface area contributed by atoms with E-state index in [1.54, 1.807) is 18.2 Å². The first-order valence-electron chi connectivity index (χ1n) is 8.17. The first-order valence-corrected chi connectivity index (χ1v) is 10.7. The minimum atomic E-state index is -3.71. The van der Waals surface area contributed by atoms with Gasteiger partial charge >= 0.3 is 0 Å². The third-order valence-corrected chi connectivity index (χ3v) is 6.34. The molecule has 1 aliphatic heterocycles. The Hall–Kier alpha value is -1.90. The Balaban J connectivity index is 1.60. The minimum Gasteiger partial charge on any atom is -0.349 e. The van der Waals surface area contributed by atoms with Crippen LogP contribution in [0.5, 0.6) is 0 Å². The average molecular weight is 394 g/mol. The van der Waals surface area contributed by atoms with E-state index in [4.69, 9.17) is 5.14 Å². The number of amides is 1. The summed E-state index contributed by atoms with van der Waals surface area (Å²) in [6.45, 7) is 0. The van der Waals surface area contributed by atoms with E-state index in [-0.39, 0.29) is 29.1 Å². The predicted octanol–water partition coefficient (Wildman–Crippen LogP) is 2.76. The second-order valence-corrected chi connectivity index (χ2v) is 8.77. The molecule has 1 aliphatic rings. The summed E-state index contributed by atoms with van der Waals surface area (Å²) in [5.41, 5.74) is 1.67. The van der Waals surface area contributed by atoms with E-state index in [2.05, 4.69) is 5.32 Å². The number of sulfonamides is 1. The molecule has 1 heterocycles. The SMILES string of the molecule is NS(=O)(=O)c1ccc(CCC(=O)N[C@@H]2CCSc3c(F)cccc32)cc1. The van der Waals surface area contributed by atoms with Crippen LogP contribution in [0.1, 0.15) is 30.0 Å². The van der Waals surface area contributed by atoms with Crippen molar-refractivity contribution in [3.63, 3.8) is 0 Å². The quantitative estimate of drug-likeness (QED) is 0.816. The third-order valence-electron chi connectivity index (χ3n) is 4.25. The molecule has 0 saturated carbocycles. The molecule has 0 bridgehead atoms. The van der Waals surface area contributed by atoms with Crippen LogP contribution in [-0.2, 0) is 21.2 Å². The van der Waals surface area contributed by atoms with Crippen LogP contribution in [0.2, 0.25) is 0 Å². The van der Waals surface area contributed by atoms with Crippen LogP contribution in [0.3, 0.4) is 0 Å². The lowest BCUT2D eigenvalue weighted by atomic mass is 10.0. The lowest BCUT2D eigenvalue weighted by molar-refractivity contribution is -0.121. The number of carbonyl (C=O) groups excluding carboxylic acids is 1. The maximum Gasteiger partial charge on any atom is 0.238 e. The second-order valence-electron chi connectivity index (χ2n) is 6.10. The molecule has 0 aromatic heterocycles. The summed E-state index contributed by atoms with van der Waals surface area (Å²) in [7, 11) is -3.71. The van der Waals surface area contributed by atoms with E-state index < -0.39 is 10.0 Å². The highest BCUT2D eigenvalue weighted by Crippen LogP contribution is 2.37. The van der Waals surface area contributed by atoms with Crippen molar-refractivity contribution in [3.8, 4) is 0 Å². The zero-order valence-corrected chi connectivity index (χ0v) is 15.6. The number of carbonyl (C=O) groups is 1. The number of fused-ring (bicyclic) bond motifs is 1. The molecule has 138 valence electrons. The zero-order valence-electron chi connectivity index (χ0n) is 13.9. The standard InChI is InChI=1S/C18H19FN2O3S2/c19-15-3-1-2-14-16(10-11-25-18(14)15)21-17(22)9-6-12-4-7-13(8-5-12)26(20,23)24/h1-5,7-8,16H,6,9-11H2,(H,21,22)(H2,20,23,24)/t16-/m1/s1. The molecule has 2 aromatic carbocycles. The van der Waals surface area contributed by atoms with E-state index in [1.165, 1.54) is 30.0 Å². The molecule has 26 heavy (non-hydrogen) atoms. The minimum absolute atomic E-state index is 0.0454.